The van der Waals surface area contributed by atoms with Crippen molar-refractivity contribution in [2.45, 2.75) is 6.92 Å². The maximum absolute atomic E-state index is 5.24. The molecule has 0 amide bonds. The van der Waals surface area contributed by atoms with Crippen LogP contribution in [0, 0.1) is 19.3 Å². The fourth-order valence-electron chi connectivity index (χ4n) is 0.759. The second kappa shape index (κ2) is 2.90. The van der Waals surface area contributed by atoms with Gasteiger partial charge in [0.25, 0.3) is 0 Å². The molecule has 0 saturated heterocycles. The van der Waals surface area contributed by atoms with E-state index in [0.29, 0.717) is 0 Å². The summed E-state index contributed by atoms with van der Waals surface area (Å²) in [6.45, 7) is 2.02. The SMILES string of the molecule is C#Cc1cccc(C)c1Br. The van der Waals surface area contributed by atoms with Gasteiger partial charge < -0.3 is 0 Å². The van der Waals surface area contributed by atoms with Gasteiger partial charge in [-0.15, -0.1) is 6.42 Å². The summed E-state index contributed by atoms with van der Waals surface area (Å²) < 4.78 is 1.03. The monoisotopic (exact) mass is 194 g/mol. The molecule has 0 aromatic heterocycles. The lowest BCUT2D eigenvalue weighted by Crippen LogP contribution is -1.79. The summed E-state index contributed by atoms with van der Waals surface area (Å²) in [7, 11) is 0. The Hall–Kier alpha value is -0.740. The first kappa shape index (κ1) is 7.37. The summed E-state index contributed by atoms with van der Waals surface area (Å²) in [4.78, 5) is 0. The number of halogens is 1. The van der Waals surface area contributed by atoms with Crippen LogP contribution in [0.3, 0.4) is 0 Å². The van der Waals surface area contributed by atoms with Gasteiger partial charge in [0.2, 0.25) is 0 Å². The lowest BCUT2D eigenvalue weighted by atomic mass is 10.1. The molecule has 50 valence electrons. The maximum atomic E-state index is 5.24. The molecule has 0 atom stereocenters. The highest BCUT2D eigenvalue weighted by molar-refractivity contribution is 9.10. The van der Waals surface area contributed by atoms with Crippen LogP contribution in [0.2, 0.25) is 0 Å². The van der Waals surface area contributed by atoms with Crippen LogP contribution in [0.4, 0.5) is 0 Å². The van der Waals surface area contributed by atoms with Crippen molar-refractivity contribution in [2.24, 2.45) is 0 Å². The molecule has 0 N–H and O–H groups in total. The molecule has 1 rings (SSSR count). The van der Waals surface area contributed by atoms with Crippen molar-refractivity contribution in [3.8, 4) is 12.3 Å². The summed E-state index contributed by atoms with van der Waals surface area (Å²) in [5.41, 5.74) is 2.09. The molecular formula is C9H7Br. The predicted octanol–water partition coefficient (Wildman–Crippen LogP) is 2.74. The number of terminal acetylenes is 1. The van der Waals surface area contributed by atoms with Crippen molar-refractivity contribution in [1.29, 1.82) is 0 Å². The molecule has 0 unspecified atom stereocenters. The van der Waals surface area contributed by atoms with E-state index in [1.54, 1.807) is 0 Å². The third-order valence-corrected chi connectivity index (χ3v) is 2.40. The van der Waals surface area contributed by atoms with Crippen molar-refractivity contribution in [3.63, 3.8) is 0 Å². The molecule has 0 spiro atoms. The van der Waals surface area contributed by atoms with Gasteiger partial charge in [0.1, 0.15) is 0 Å². The average Bonchev–Trinajstić information content (AvgIpc) is 1.95. The zero-order valence-electron chi connectivity index (χ0n) is 5.69. The zero-order valence-corrected chi connectivity index (χ0v) is 7.27. The smallest absolute Gasteiger partial charge is 0.0387 e. The first-order valence-electron chi connectivity index (χ1n) is 2.97. The van der Waals surface area contributed by atoms with Gasteiger partial charge in [0.05, 0.1) is 0 Å². The molecule has 10 heavy (non-hydrogen) atoms. The molecule has 0 heterocycles. The summed E-state index contributed by atoms with van der Waals surface area (Å²) in [6, 6.07) is 5.89. The highest BCUT2D eigenvalue weighted by Gasteiger charge is 1.96. The molecule has 0 radical (unpaired) electrons. The molecule has 0 bridgehead atoms. The molecule has 0 fully saturated rings. The number of benzene rings is 1. The van der Waals surface area contributed by atoms with Crippen molar-refractivity contribution < 1.29 is 0 Å². The molecule has 1 aromatic rings. The first-order chi connectivity index (χ1) is 4.75. The van der Waals surface area contributed by atoms with E-state index in [0.717, 1.165) is 10.0 Å². The van der Waals surface area contributed by atoms with Crippen molar-refractivity contribution in [3.05, 3.63) is 33.8 Å². The quantitative estimate of drug-likeness (QED) is 0.558. The van der Waals surface area contributed by atoms with Crippen LogP contribution in [0.15, 0.2) is 22.7 Å². The fourth-order valence-corrected chi connectivity index (χ4v) is 1.14. The number of hydrogen-bond acceptors (Lipinski definition) is 0. The van der Waals surface area contributed by atoms with Gasteiger partial charge in [-0.25, -0.2) is 0 Å². The average molecular weight is 195 g/mol. The topological polar surface area (TPSA) is 0 Å². The highest BCUT2D eigenvalue weighted by atomic mass is 79.9. The molecule has 0 aliphatic heterocycles. The summed E-state index contributed by atoms with van der Waals surface area (Å²) in [5.74, 6) is 2.59. The second-order valence-electron chi connectivity index (χ2n) is 2.08. The van der Waals surface area contributed by atoms with Crippen LogP contribution >= 0.6 is 15.9 Å². The first-order valence-corrected chi connectivity index (χ1v) is 3.76. The summed E-state index contributed by atoms with van der Waals surface area (Å²) in [6.07, 6.45) is 5.24. The highest BCUT2D eigenvalue weighted by Crippen LogP contribution is 2.19. The standard InChI is InChI=1S/C9H7Br/c1-3-8-6-4-5-7(2)9(8)10/h1,4-6H,2H3. The Labute approximate surface area is 69.4 Å². The van der Waals surface area contributed by atoms with E-state index in [4.69, 9.17) is 6.42 Å². The van der Waals surface area contributed by atoms with Gasteiger partial charge in [-0.05, 0) is 34.5 Å². The van der Waals surface area contributed by atoms with E-state index in [2.05, 4.69) is 21.9 Å². The second-order valence-corrected chi connectivity index (χ2v) is 2.87. The zero-order chi connectivity index (χ0) is 7.56. The Bertz CT molecular complexity index is 281. The number of aryl methyl sites for hydroxylation is 1. The van der Waals surface area contributed by atoms with E-state index in [-0.39, 0.29) is 0 Å². The van der Waals surface area contributed by atoms with Crippen molar-refractivity contribution in [1.82, 2.24) is 0 Å². The molecule has 1 aromatic carbocycles. The summed E-state index contributed by atoms with van der Waals surface area (Å²) in [5, 5.41) is 0. The van der Waals surface area contributed by atoms with E-state index in [9.17, 15) is 0 Å². The minimum Gasteiger partial charge on any atom is -0.115 e. The van der Waals surface area contributed by atoms with E-state index in [1.807, 2.05) is 25.1 Å². The molecular weight excluding hydrogens is 188 g/mol. The largest absolute Gasteiger partial charge is 0.115 e. The fraction of sp³-hybridized carbons (Fsp3) is 0.111. The normalized spacial score (nSPS) is 8.90. The van der Waals surface area contributed by atoms with Gasteiger partial charge in [-0.2, -0.15) is 0 Å². The molecule has 1 heteroatoms. The Morgan fingerprint density at radius 1 is 1.50 bits per heavy atom. The minimum absolute atomic E-state index is 0.917. The Morgan fingerprint density at radius 3 is 2.70 bits per heavy atom. The van der Waals surface area contributed by atoms with Gasteiger partial charge in [-0.1, -0.05) is 18.1 Å². The van der Waals surface area contributed by atoms with E-state index >= 15 is 0 Å². The van der Waals surface area contributed by atoms with E-state index < -0.39 is 0 Å². The minimum atomic E-state index is 0.917. The van der Waals surface area contributed by atoms with Crippen LogP contribution in [0.25, 0.3) is 0 Å². The predicted molar refractivity (Wildman–Crippen MR) is 46.8 cm³/mol. The summed E-state index contributed by atoms with van der Waals surface area (Å²) >= 11 is 3.40. The van der Waals surface area contributed by atoms with Crippen molar-refractivity contribution >= 4 is 15.9 Å². The van der Waals surface area contributed by atoms with Crippen LogP contribution < -0.4 is 0 Å². The van der Waals surface area contributed by atoms with Gasteiger partial charge in [0.15, 0.2) is 0 Å². The van der Waals surface area contributed by atoms with Gasteiger partial charge >= 0.3 is 0 Å². The third-order valence-electron chi connectivity index (χ3n) is 1.35. The number of hydrogen-bond donors (Lipinski definition) is 0. The van der Waals surface area contributed by atoms with Crippen LogP contribution in [0.5, 0.6) is 0 Å². The number of rotatable bonds is 0. The van der Waals surface area contributed by atoms with Crippen molar-refractivity contribution in [2.75, 3.05) is 0 Å². The van der Waals surface area contributed by atoms with Crippen LogP contribution in [-0.2, 0) is 0 Å². The Kier molecular flexibility index (Phi) is 2.13. The lowest BCUT2D eigenvalue weighted by molar-refractivity contribution is 1.41. The molecule has 0 saturated carbocycles. The van der Waals surface area contributed by atoms with Gasteiger partial charge in [0, 0.05) is 10.0 Å². The molecule has 0 aliphatic carbocycles. The van der Waals surface area contributed by atoms with E-state index in [1.165, 1.54) is 5.56 Å². The molecule has 0 nitrogen and oxygen atoms in total. The Morgan fingerprint density at radius 2 is 2.20 bits per heavy atom. The third kappa shape index (κ3) is 1.22. The van der Waals surface area contributed by atoms with Crippen LogP contribution in [-0.4, -0.2) is 0 Å². The van der Waals surface area contributed by atoms with Gasteiger partial charge in [-0.3, -0.25) is 0 Å². The molecule has 0 aliphatic rings. The van der Waals surface area contributed by atoms with Crippen LogP contribution in [0.1, 0.15) is 11.1 Å². The maximum Gasteiger partial charge on any atom is 0.0387 e. The Balaban J connectivity index is 3.31. The lowest BCUT2D eigenvalue weighted by Gasteiger charge is -1.98.